The van der Waals surface area contributed by atoms with Crippen LogP contribution in [0.4, 0.5) is 0 Å². The Balaban J connectivity index is 1.94. The summed E-state index contributed by atoms with van der Waals surface area (Å²) in [6.45, 7) is 1.82. The van der Waals surface area contributed by atoms with Gasteiger partial charge in [0.15, 0.2) is 0 Å². The Kier molecular flexibility index (Phi) is 3.74. The number of aryl methyl sites for hydroxylation is 1. The minimum Gasteiger partial charge on any atom is -0.497 e. The van der Waals surface area contributed by atoms with Gasteiger partial charge in [0.05, 0.1) is 14.2 Å². The smallest absolute Gasteiger partial charge is 0.357 e. The Labute approximate surface area is 117 Å². The molecular weight excluding hydrogens is 268 g/mol. The summed E-state index contributed by atoms with van der Waals surface area (Å²) < 4.78 is 15.1. The number of benzene rings is 1. The highest BCUT2D eigenvalue weighted by molar-refractivity contribution is 6.35. The monoisotopic (exact) mass is 284 g/mol. The highest BCUT2D eigenvalue weighted by Gasteiger charge is 2.72. The van der Waals surface area contributed by atoms with Crippen molar-refractivity contribution < 1.29 is 19.0 Å². The molecule has 0 amide bonds. The Morgan fingerprint density at radius 2 is 1.95 bits per heavy atom. The Morgan fingerprint density at radius 3 is 2.47 bits per heavy atom. The Morgan fingerprint density at radius 1 is 1.32 bits per heavy atom. The zero-order chi connectivity index (χ0) is 14.1. The van der Waals surface area contributed by atoms with Crippen molar-refractivity contribution >= 4 is 17.6 Å². The molecule has 1 aromatic rings. The van der Waals surface area contributed by atoms with Crippen LogP contribution in [0.2, 0.25) is 0 Å². The van der Waals surface area contributed by atoms with Crippen molar-refractivity contribution in [1.82, 2.24) is 0 Å². The van der Waals surface area contributed by atoms with E-state index in [0.717, 1.165) is 17.7 Å². The summed E-state index contributed by atoms with van der Waals surface area (Å²) in [5, 5.41) is -1.33. The molecule has 0 radical (unpaired) electrons. The topological polar surface area (TPSA) is 48.1 Å². The summed E-state index contributed by atoms with van der Waals surface area (Å²) >= 11 is 6.10. The molecular formula is C14H17ClO4. The van der Waals surface area contributed by atoms with Gasteiger partial charge < -0.3 is 14.2 Å². The average Bonchev–Trinajstić information content (AvgIpc) is 3.00. The summed E-state index contributed by atoms with van der Waals surface area (Å²) in [7, 11) is 2.93. The van der Waals surface area contributed by atoms with E-state index >= 15 is 0 Å². The lowest BCUT2D eigenvalue weighted by Crippen LogP contribution is -2.28. The fraction of sp³-hybridized carbons (Fsp3) is 0.500. The number of alkyl halides is 1. The van der Waals surface area contributed by atoms with Gasteiger partial charge in [-0.2, -0.15) is 0 Å². The van der Waals surface area contributed by atoms with E-state index in [1.165, 1.54) is 7.11 Å². The first-order valence-corrected chi connectivity index (χ1v) is 6.43. The highest BCUT2D eigenvalue weighted by atomic mass is 35.5. The third kappa shape index (κ3) is 2.55. The van der Waals surface area contributed by atoms with Gasteiger partial charge >= 0.3 is 5.97 Å². The molecule has 1 heterocycles. The molecule has 19 heavy (non-hydrogen) atoms. The van der Waals surface area contributed by atoms with Crippen LogP contribution in [0, 0.1) is 0 Å². The SMILES string of the molecule is COC(=O)C1(Cl)OC1(C)CCc1ccc(OC)cc1. The van der Waals surface area contributed by atoms with Crippen LogP contribution in [-0.4, -0.2) is 30.9 Å². The summed E-state index contributed by atoms with van der Waals surface area (Å²) in [6.07, 6.45) is 1.42. The van der Waals surface area contributed by atoms with Gasteiger partial charge in [-0.25, -0.2) is 4.79 Å². The molecule has 1 fully saturated rings. The Bertz CT molecular complexity index is 473. The summed E-state index contributed by atoms with van der Waals surface area (Å²) in [5.41, 5.74) is 0.475. The minimum absolute atomic E-state index is 0.536. The summed E-state index contributed by atoms with van der Waals surface area (Å²) in [5.74, 6) is 0.283. The van der Waals surface area contributed by atoms with Gasteiger partial charge in [0.25, 0.3) is 5.06 Å². The van der Waals surface area contributed by atoms with Crippen molar-refractivity contribution in [1.29, 1.82) is 0 Å². The maximum Gasteiger partial charge on any atom is 0.357 e. The number of epoxide rings is 1. The van der Waals surface area contributed by atoms with Gasteiger partial charge in [-0.3, -0.25) is 0 Å². The number of hydrogen-bond donors (Lipinski definition) is 0. The molecule has 1 aliphatic rings. The van der Waals surface area contributed by atoms with Gasteiger partial charge in [-0.15, -0.1) is 0 Å². The molecule has 2 atom stereocenters. The van der Waals surface area contributed by atoms with Crippen LogP contribution in [0.5, 0.6) is 5.75 Å². The molecule has 1 aromatic carbocycles. The van der Waals surface area contributed by atoms with Crippen LogP contribution < -0.4 is 4.74 Å². The standard InChI is InChI=1S/C14H17ClO4/c1-13(14(15,19-13)12(16)18-3)9-8-10-4-6-11(17-2)7-5-10/h4-7H,8-9H2,1-3H3. The van der Waals surface area contributed by atoms with E-state index in [1.807, 2.05) is 31.2 Å². The van der Waals surface area contributed by atoms with Crippen LogP contribution in [0.25, 0.3) is 0 Å². The molecule has 2 unspecified atom stereocenters. The number of hydrogen-bond acceptors (Lipinski definition) is 4. The van der Waals surface area contributed by atoms with E-state index < -0.39 is 16.6 Å². The number of carbonyl (C=O) groups is 1. The molecule has 0 aromatic heterocycles. The molecule has 5 heteroatoms. The lowest BCUT2D eigenvalue weighted by molar-refractivity contribution is -0.143. The van der Waals surface area contributed by atoms with Crippen molar-refractivity contribution in [3.05, 3.63) is 29.8 Å². The molecule has 0 spiro atoms. The largest absolute Gasteiger partial charge is 0.497 e. The maximum atomic E-state index is 11.5. The van der Waals surface area contributed by atoms with Gasteiger partial charge in [0.1, 0.15) is 11.4 Å². The van der Waals surface area contributed by atoms with Crippen molar-refractivity contribution in [2.75, 3.05) is 14.2 Å². The molecule has 0 aliphatic carbocycles. The van der Waals surface area contributed by atoms with Crippen LogP contribution in [0.15, 0.2) is 24.3 Å². The predicted molar refractivity (Wildman–Crippen MR) is 71.4 cm³/mol. The van der Waals surface area contributed by atoms with E-state index in [2.05, 4.69) is 4.74 Å². The van der Waals surface area contributed by atoms with Crippen molar-refractivity contribution in [3.8, 4) is 5.75 Å². The van der Waals surface area contributed by atoms with E-state index in [1.54, 1.807) is 7.11 Å². The van der Waals surface area contributed by atoms with E-state index in [4.69, 9.17) is 21.1 Å². The first-order chi connectivity index (χ1) is 8.95. The van der Waals surface area contributed by atoms with Gasteiger partial charge in [-0.1, -0.05) is 23.7 Å². The first kappa shape index (κ1) is 14.2. The maximum absolute atomic E-state index is 11.5. The van der Waals surface area contributed by atoms with Crippen molar-refractivity contribution in [3.63, 3.8) is 0 Å². The number of esters is 1. The van der Waals surface area contributed by atoms with Gasteiger partial charge in [0, 0.05) is 0 Å². The number of ether oxygens (including phenoxy) is 3. The molecule has 0 bridgehead atoms. The van der Waals surface area contributed by atoms with E-state index in [9.17, 15) is 4.79 Å². The summed E-state index contributed by atoms with van der Waals surface area (Å²) in [4.78, 5) is 11.5. The molecule has 2 rings (SSSR count). The second-order valence-corrected chi connectivity index (χ2v) is 5.30. The van der Waals surface area contributed by atoms with Crippen LogP contribution in [-0.2, 0) is 20.7 Å². The molecule has 0 saturated carbocycles. The van der Waals surface area contributed by atoms with Crippen LogP contribution >= 0.6 is 11.6 Å². The lowest BCUT2D eigenvalue weighted by Gasteiger charge is -2.09. The average molecular weight is 285 g/mol. The molecule has 1 saturated heterocycles. The second-order valence-electron chi connectivity index (χ2n) is 4.77. The fourth-order valence-corrected chi connectivity index (χ4v) is 2.40. The quantitative estimate of drug-likeness (QED) is 0.474. The molecule has 104 valence electrons. The van der Waals surface area contributed by atoms with Crippen molar-refractivity contribution in [2.45, 2.75) is 30.4 Å². The number of carbonyl (C=O) groups excluding carboxylic acids is 1. The van der Waals surface area contributed by atoms with E-state index in [0.29, 0.717) is 6.42 Å². The molecule has 1 aliphatic heterocycles. The summed E-state index contributed by atoms with van der Waals surface area (Å²) in [6, 6.07) is 7.77. The van der Waals surface area contributed by atoms with Crippen LogP contribution in [0.3, 0.4) is 0 Å². The predicted octanol–water partition coefficient (Wildman–Crippen LogP) is 2.52. The minimum atomic E-state index is -1.33. The Hall–Kier alpha value is -1.26. The third-order valence-electron chi connectivity index (χ3n) is 3.50. The zero-order valence-electron chi connectivity index (χ0n) is 11.2. The first-order valence-electron chi connectivity index (χ1n) is 6.05. The zero-order valence-corrected chi connectivity index (χ0v) is 12.0. The number of rotatable bonds is 5. The normalized spacial score (nSPS) is 28.8. The lowest BCUT2D eigenvalue weighted by atomic mass is 9.97. The number of methoxy groups -OCH3 is 2. The number of halogens is 1. The van der Waals surface area contributed by atoms with Crippen molar-refractivity contribution in [2.24, 2.45) is 0 Å². The van der Waals surface area contributed by atoms with Gasteiger partial charge in [0.2, 0.25) is 0 Å². The third-order valence-corrected chi connectivity index (χ3v) is 4.13. The van der Waals surface area contributed by atoms with E-state index in [-0.39, 0.29) is 0 Å². The second kappa shape index (κ2) is 5.02. The highest BCUT2D eigenvalue weighted by Crippen LogP contribution is 2.54. The van der Waals surface area contributed by atoms with Crippen LogP contribution in [0.1, 0.15) is 18.9 Å². The molecule has 4 nitrogen and oxygen atoms in total. The fourth-order valence-electron chi connectivity index (χ4n) is 2.06. The van der Waals surface area contributed by atoms with Gasteiger partial charge in [-0.05, 0) is 37.5 Å². The molecule has 0 N–H and O–H groups in total.